The highest BCUT2D eigenvalue weighted by Gasteiger charge is 2.10. The Hall–Kier alpha value is -1.86. The normalized spacial score (nSPS) is 14.4. The number of hydrogen-bond donors (Lipinski definition) is 1. The molecule has 0 spiro atoms. The second kappa shape index (κ2) is 6.91. The number of aliphatic hydroxyl groups is 1. The Labute approximate surface area is 115 Å². The molecule has 0 saturated heterocycles. The van der Waals surface area contributed by atoms with E-state index in [2.05, 4.69) is 36.4 Å². The summed E-state index contributed by atoms with van der Waals surface area (Å²) in [6.45, 7) is 1.84. The summed E-state index contributed by atoms with van der Waals surface area (Å²) in [7, 11) is 0. The van der Waals surface area contributed by atoms with Crippen LogP contribution < -0.4 is 0 Å². The molecule has 1 heteroatoms. The molecule has 2 unspecified atom stereocenters. The van der Waals surface area contributed by atoms with Gasteiger partial charge in [0.15, 0.2) is 0 Å². The number of rotatable bonds is 5. The third-order valence-electron chi connectivity index (χ3n) is 3.14. The molecule has 0 heterocycles. The van der Waals surface area contributed by atoms with Crippen LogP contribution in [0.25, 0.3) is 6.08 Å². The molecule has 2 aromatic rings. The Morgan fingerprint density at radius 2 is 1.53 bits per heavy atom. The van der Waals surface area contributed by atoms with Crippen molar-refractivity contribution in [1.29, 1.82) is 0 Å². The average Bonchev–Trinajstić information content (AvgIpc) is 2.45. The van der Waals surface area contributed by atoms with Crippen LogP contribution in [0.4, 0.5) is 0 Å². The molecule has 2 atom stereocenters. The first kappa shape index (κ1) is 13.6. The van der Waals surface area contributed by atoms with Crippen LogP contribution in [0.3, 0.4) is 0 Å². The molecule has 0 radical (unpaired) electrons. The van der Waals surface area contributed by atoms with Gasteiger partial charge in [0.05, 0.1) is 6.10 Å². The molecule has 0 aliphatic carbocycles. The van der Waals surface area contributed by atoms with Crippen LogP contribution in [-0.2, 0) is 0 Å². The Morgan fingerprint density at radius 1 is 0.947 bits per heavy atom. The monoisotopic (exact) mass is 252 g/mol. The minimum Gasteiger partial charge on any atom is -0.393 e. The van der Waals surface area contributed by atoms with E-state index in [9.17, 15) is 5.11 Å². The van der Waals surface area contributed by atoms with Gasteiger partial charge in [0, 0.05) is 5.92 Å². The quantitative estimate of drug-likeness (QED) is 0.843. The number of allylic oxidation sites excluding steroid dienone is 1. The SMILES string of the molecule is CC(O)CC(/C=C/c1ccccc1)c1ccccc1. The summed E-state index contributed by atoms with van der Waals surface area (Å²) in [5.41, 5.74) is 2.43. The van der Waals surface area contributed by atoms with Gasteiger partial charge in [0.25, 0.3) is 0 Å². The first-order valence-corrected chi connectivity index (χ1v) is 6.72. The van der Waals surface area contributed by atoms with Crippen molar-refractivity contribution in [3.8, 4) is 0 Å². The van der Waals surface area contributed by atoms with Crippen molar-refractivity contribution >= 4 is 6.08 Å². The fraction of sp³-hybridized carbons (Fsp3) is 0.222. The molecule has 1 N–H and O–H groups in total. The highest BCUT2D eigenvalue weighted by Crippen LogP contribution is 2.23. The number of hydrogen-bond acceptors (Lipinski definition) is 1. The van der Waals surface area contributed by atoms with E-state index < -0.39 is 0 Å². The topological polar surface area (TPSA) is 20.2 Å². The third-order valence-corrected chi connectivity index (χ3v) is 3.14. The molecule has 2 aromatic carbocycles. The molecule has 0 saturated carbocycles. The van der Waals surface area contributed by atoms with Crippen LogP contribution in [0.2, 0.25) is 0 Å². The summed E-state index contributed by atoms with van der Waals surface area (Å²) in [6, 6.07) is 20.6. The minimum atomic E-state index is -0.300. The van der Waals surface area contributed by atoms with Gasteiger partial charge < -0.3 is 5.11 Å². The number of aliphatic hydroxyl groups excluding tert-OH is 1. The zero-order valence-corrected chi connectivity index (χ0v) is 11.2. The highest BCUT2D eigenvalue weighted by atomic mass is 16.3. The predicted octanol–water partition coefficient (Wildman–Crippen LogP) is 4.25. The summed E-state index contributed by atoms with van der Waals surface area (Å²) < 4.78 is 0. The van der Waals surface area contributed by atoms with Crippen molar-refractivity contribution in [2.45, 2.75) is 25.4 Å². The molecule has 98 valence electrons. The molecule has 0 bridgehead atoms. The van der Waals surface area contributed by atoms with Gasteiger partial charge in [-0.15, -0.1) is 0 Å². The van der Waals surface area contributed by atoms with Crippen LogP contribution in [0.15, 0.2) is 66.7 Å². The van der Waals surface area contributed by atoms with E-state index in [1.165, 1.54) is 11.1 Å². The van der Waals surface area contributed by atoms with Gasteiger partial charge in [0.2, 0.25) is 0 Å². The largest absolute Gasteiger partial charge is 0.393 e. The van der Waals surface area contributed by atoms with E-state index in [-0.39, 0.29) is 12.0 Å². The smallest absolute Gasteiger partial charge is 0.0520 e. The summed E-state index contributed by atoms with van der Waals surface area (Å²) >= 11 is 0. The van der Waals surface area contributed by atoms with Gasteiger partial charge in [0.1, 0.15) is 0 Å². The van der Waals surface area contributed by atoms with E-state index in [0.717, 1.165) is 6.42 Å². The van der Waals surface area contributed by atoms with Crippen LogP contribution in [-0.4, -0.2) is 11.2 Å². The van der Waals surface area contributed by atoms with Gasteiger partial charge in [-0.1, -0.05) is 72.8 Å². The fourth-order valence-electron chi connectivity index (χ4n) is 2.18. The van der Waals surface area contributed by atoms with Crippen LogP contribution in [0, 0.1) is 0 Å². The van der Waals surface area contributed by atoms with Crippen molar-refractivity contribution in [3.05, 3.63) is 77.9 Å². The van der Waals surface area contributed by atoms with Gasteiger partial charge in [-0.3, -0.25) is 0 Å². The number of benzene rings is 2. The molecule has 2 rings (SSSR count). The first-order valence-electron chi connectivity index (χ1n) is 6.72. The third kappa shape index (κ3) is 4.38. The summed E-state index contributed by atoms with van der Waals surface area (Å²) in [4.78, 5) is 0. The van der Waals surface area contributed by atoms with Crippen molar-refractivity contribution in [2.75, 3.05) is 0 Å². The van der Waals surface area contributed by atoms with Gasteiger partial charge in [-0.25, -0.2) is 0 Å². The zero-order chi connectivity index (χ0) is 13.5. The Kier molecular flexibility index (Phi) is 4.93. The van der Waals surface area contributed by atoms with Gasteiger partial charge in [-0.2, -0.15) is 0 Å². The first-order chi connectivity index (χ1) is 9.25. The molecule has 19 heavy (non-hydrogen) atoms. The Morgan fingerprint density at radius 3 is 2.11 bits per heavy atom. The Balaban J connectivity index is 2.17. The summed E-state index contributed by atoms with van der Waals surface area (Å²) in [6.07, 6.45) is 4.75. The van der Waals surface area contributed by atoms with Crippen LogP contribution >= 0.6 is 0 Å². The lowest BCUT2D eigenvalue weighted by Gasteiger charge is -2.15. The van der Waals surface area contributed by atoms with Crippen molar-refractivity contribution in [3.63, 3.8) is 0 Å². The zero-order valence-electron chi connectivity index (χ0n) is 11.2. The fourth-order valence-corrected chi connectivity index (χ4v) is 2.18. The van der Waals surface area contributed by atoms with E-state index in [4.69, 9.17) is 0 Å². The molecule has 0 fully saturated rings. The highest BCUT2D eigenvalue weighted by molar-refractivity contribution is 5.50. The van der Waals surface area contributed by atoms with E-state index >= 15 is 0 Å². The van der Waals surface area contributed by atoms with Gasteiger partial charge >= 0.3 is 0 Å². The van der Waals surface area contributed by atoms with Gasteiger partial charge in [-0.05, 0) is 24.5 Å². The van der Waals surface area contributed by atoms with Crippen LogP contribution in [0.5, 0.6) is 0 Å². The van der Waals surface area contributed by atoms with E-state index in [0.29, 0.717) is 0 Å². The van der Waals surface area contributed by atoms with Crippen LogP contribution in [0.1, 0.15) is 30.4 Å². The van der Waals surface area contributed by atoms with Crippen molar-refractivity contribution in [2.24, 2.45) is 0 Å². The molecule has 0 aromatic heterocycles. The summed E-state index contributed by atoms with van der Waals surface area (Å²) in [5.74, 6) is 0.251. The van der Waals surface area contributed by atoms with E-state index in [1.54, 1.807) is 0 Å². The predicted molar refractivity (Wildman–Crippen MR) is 81.0 cm³/mol. The molecular formula is C18H20O. The van der Waals surface area contributed by atoms with Crippen molar-refractivity contribution in [1.82, 2.24) is 0 Å². The molecule has 0 amide bonds. The molecule has 0 aliphatic rings. The second-order valence-electron chi connectivity index (χ2n) is 4.87. The molecular weight excluding hydrogens is 232 g/mol. The molecule has 0 aliphatic heterocycles. The standard InChI is InChI=1S/C18H20O/c1-15(19)14-18(17-10-6-3-7-11-17)13-12-16-8-4-2-5-9-16/h2-13,15,18-19H,14H2,1H3/b13-12+. The summed E-state index contributed by atoms with van der Waals surface area (Å²) in [5, 5.41) is 9.65. The maximum Gasteiger partial charge on any atom is 0.0520 e. The Bertz CT molecular complexity index is 500. The maximum atomic E-state index is 9.65. The second-order valence-corrected chi connectivity index (χ2v) is 4.87. The lowest BCUT2D eigenvalue weighted by atomic mass is 9.92. The average molecular weight is 252 g/mol. The molecule has 1 nitrogen and oxygen atoms in total. The lowest BCUT2D eigenvalue weighted by Crippen LogP contribution is -2.06. The van der Waals surface area contributed by atoms with E-state index in [1.807, 2.05) is 43.3 Å². The van der Waals surface area contributed by atoms with Crippen molar-refractivity contribution < 1.29 is 5.11 Å². The maximum absolute atomic E-state index is 9.65. The minimum absolute atomic E-state index is 0.251. The lowest BCUT2D eigenvalue weighted by molar-refractivity contribution is 0.180.